The van der Waals surface area contributed by atoms with E-state index in [0.717, 1.165) is 38.5 Å². The molecule has 0 aliphatic rings. The van der Waals surface area contributed by atoms with Gasteiger partial charge in [-0.3, -0.25) is 13.9 Å². The number of carbonyl (C=O) groups is 2. The first-order valence-corrected chi connectivity index (χ1v) is 16.9. The molecule has 0 aliphatic carbocycles. The Morgan fingerprint density at radius 1 is 0.848 bits per heavy atom. The molecule has 0 fully saturated rings. The molecule has 0 unspecified atom stereocenters. The van der Waals surface area contributed by atoms with Gasteiger partial charge in [-0.05, 0) is 73.7 Å². The Balaban J connectivity index is 1.85. The van der Waals surface area contributed by atoms with E-state index in [2.05, 4.69) is 5.32 Å². The van der Waals surface area contributed by atoms with Gasteiger partial charge >= 0.3 is 0 Å². The van der Waals surface area contributed by atoms with Crippen molar-refractivity contribution >= 4 is 27.5 Å². The third kappa shape index (κ3) is 8.34. The van der Waals surface area contributed by atoms with Gasteiger partial charge in [0.1, 0.15) is 18.3 Å². The molecule has 46 heavy (non-hydrogen) atoms. The van der Waals surface area contributed by atoms with E-state index in [1.54, 1.807) is 24.3 Å². The largest absolute Gasteiger partial charge is 0.495 e. The van der Waals surface area contributed by atoms with Crippen LogP contribution in [-0.2, 0) is 32.6 Å². The molecule has 1 atom stereocenters. The number of hydrogen-bond donors (Lipinski definition) is 1. The monoisotopic (exact) mass is 641 g/mol. The summed E-state index contributed by atoms with van der Waals surface area (Å²) in [5.74, 6) is -0.509. The second-order valence-corrected chi connectivity index (χ2v) is 13.3. The molecule has 4 rings (SSSR count). The van der Waals surface area contributed by atoms with Gasteiger partial charge in [-0.25, -0.2) is 8.42 Å². The minimum Gasteiger partial charge on any atom is -0.495 e. The molecule has 2 amide bonds. The number of hydrogen-bond acceptors (Lipinski definition) is 5. The van der Waals surface area contributed by atoms with E-state index in [9.17, 15) is 18.0 Å². The zero-order valence-corrected chi connectivity index (χ0v) is 28.0. The third-order valence-electron chi connectivity index (χ3n) is 7.91. The number of amides is 2. The number of nitrogens with one attached hydrogen (secondary N) is 1. The number of sulfonamides is 1. The second-order valence-electron chi connectivity index (χ2n) is 11.4. The molecule has 242 valence electrons. The maximum absolute atomic E-state index is 14.7. The number of aryl methyl sites for hydroxylation is 3. The summed E-state index contributed by atoms with van der Waals surface area (Å²) in [5.41, 5.74) is 4.63. The van der Waals surface area contributed by atoms with Crippen LogP contribution in [0.15, 0.2) is 102 Å². The lowest BCUT2D eigenvalue weighted by Gasteiger charge is -2.34. The Bertz CT molecular complexity index is 1740. The number of anilines is 1. The van der Waals surface area contributed by atoms with Crippen molar-refractivity contribution in [3.8, 4) is 5.75 Å². The molecule has 0 saturated heterocycles. The van der Waals surface area contributed by atoms with E-state index in [1.807, 2.05) is 88.4 Å². The number of nitrogens with zero attached hydrogens (tertiary/aromatic N) is 2. The Labute approximate surface area is 273 Å². The number of carbonyl (C=O) groups excluding carboxylic acids is 2. The van der Waals surface area contributed by atoms with Crippen molar-refractivity contribution in [1.82, 2.24) is 10.2 Å². The van der Waals surface area contributed by atoms with Gasteiger partial charge in [-0.15, -0.1) is 0 Å². The summed E-state index contributed by atoms with van der Waals surface area (Å²) in [4.78, 5) is 30.0. The first kappa shape index (κ1) is 34.2. The van der Waals surface area contributed by atoms with E-state index >= 15 is 0 Å². The summed E-state index contributed by atoms with van der Waals surface area (Å²) in [7, 11) is -2.78. The molecule has 9 heteroatoms. The topological polar surface area (TPSA) is 96.0 Å². The molecule has 0 saturated carbocycles. The van der Waals surface area contributed by atoms with Crippen molar-refractivity contribution in [2.24, 2.45) is 0 Å². The average molecular weight is 642 g/mol. The molecule has 1 N–H and O–H groups in total. The normalized spacial score (nSPS) is 11.8. The molecule has 8 nitrogen and oxygen atoms in total. The minimum absolute atomic E-state index is 0.0430. The van der Waals surface area contributed by atoms with Gasteiger partial charge in [0.25, 0.3) is 10.0 Å². The fourth-order valence-corrected chi connectivity index (χ4v) is 6.65. The Hall–Kier alpha value is -4.63. The van der Waals surface area contributed by atoms with Crippen LogP contribution in [0.1, 0.15) is 41.2 Å². The number of benzene rings is 4. The molecule has 0 heterocycles. The zero-order chi connectivity index (χ0) is 33.3. The van der Waals surface area contributed by atoms with Crippen molar-refractivity contribution in [3.63, 3.8) is 0 Å². The van der Waals surface area contributed by atoms with Gasteiger partial charge in [0, 0.05) is 19.5 Å². The van der Waals surface area contributed by atoms with Gasteiger partial charge in [0.15, 0.2) is 0 Å². The maximum atomic E-state index is 14.7. The summed E-state index contributed by atoms with van der Waals surface area (Å²) in [6, 6.07) is 28.0. The highest BCUT2D eigenvalue weighted by Crippen LogP contribution is 2.34. The lowest BCUT2D eigenvalue weighted by atomic mass is 10.0. The van der Waals surface area contributed by atoms with Crippen LogP contribution in [0.4, 0.5) is 5.69 Å². The summed E-state index contributed by atoms with van der Waals surface area (Å²) < 4.78 is 35.4. The van der Waals surface area contributed by atoms with Crippen molar-refractivity contribution < 1.29 is 22.7 Å². The Morgan fingerprint density at radius 3 is 2.15 bits per heavy atom. The fraction of sp³-hybridized carbons (Fsp3) is 0.297. The van der Waals surface area contributed by atoms with Gasteiger partial charge in [-0.2, -0.15) is 0 Å². The van der Waals surface area contributed by atoms with Crippen LogP contribution in [0.25, 0.3) is 0 Å². The fourth-order valence-electron chi connectivity index (χ4n) is 5.24. The number of ether oxygens (including phenoxy) is 1. The molecule has 0 radical (unpaired) electrons. The lowest BCUT2D eigenvalue weighted by Crippen LogP contribution is -2.53. The van der Waals surface area contributed by atoms with Gasteiger partial charge in [0.05, 0.1) is 17.7 Å². The Kier molecular flexibility index (Phi) is 11.6. The van der Waals surface area contributed by atoms with E-state index in [1.165, 1.54) is 24.1 Å². The quantitative estimate of drug-likeness (QED) is 0.183. The van der Waals surface area contributed by atoms with Crippen LogP contribution in [0, 0.1) is 20.8 Å². The Morgan fingerprint density at radius 2 is 1.50 bits per heavy atom. The van der Waals surface area contributed by atoms with Crippen molar-refractivity contribution in [2.45, 2.75) is 58.0 Å². The number of methoxy groups -OCH3 is 1. The minimum atomic E-state index is -4.24. The molecule has 0 aromatic heterocycles. The van der Waals surface area contributed by atoms with Crippen LogP contribution in [0.2, 0.25) is 0 Å². The molecule has 0 bridgehead atoms. The van der Waals surface area contributed by atoms with Crippen LogP contribution in [0.3, 0.4) is 0 Å². The summed E-state index contributed by atoms with van der Waals surface area (Å²) >= 11 is 0. The molecule has 0 aliphatic heterocycles. The van der Waals surface area contributed by atoms with Crippen LogP contribution in [0.5, 0.6) is 5.75 Å². The van der Waals surface area contributed by atoms with Gasteiger partial charge in [0.2, 0.25) is 11.8 Å². The smallest absolute Gasteiger partial charge is 0.264 e. The van der Waals surface area contributed by atoms with Gasteiger partial charge in [-0.1, -0.05) is 85.3 Å². The predicted molar refractivity (Wildman–Crippen MR) is 182 cm³/mol. The van der Waals surface area contributed by atoms with Crippen LogP contribution >= 0.6 is 0 Å². The van der Waals surface area contributed by atoms with E-state index < -0.39 is 28.5 Å². The molecule has 4 aromatic carbocycles. The molecule has 0 spiro atoms. The summed E-state index contributed by atoms with van der Waals surface area (Å²) in [6.07, 6.45) is 0.984. The summed E-state index contributed by atoms with van der Waals surface area (Å²) in [6.45, 7) is 7.66. The zero-order valence-electron chi connectivity index (χ0n) is 27.2. The molecule has 4 aromatic rings. The highest BCUT2D eigenvalue weighted by Gasteiger charge is 2.35. The van der Waals surface area contributed by atoms with E-state index in [0.29, 0.717) is 12.3 Å². The van der Waals surface area contributed by atoms with Crippen LogP contribution < -0.4 is 14.4 Å². The van der Waals surface area contributed by atoms with E-state index in [-0.39, 0.29) is 29.5 Å². The highest BCUT2D eigenvalue weighted by molar-refractivity contribution is 7.92. The lowest BCUT2D eigenvalue weighted by molar-refractivity contribution is -0.140. The third-order valence-corrected chi connectivity index (χ3v) is 9.69. The first-order valence-electron chi connectivity index (χ1n) is 15.4. The highest BCUT2D eigenvalue weighted by atomic mass is 32.2. The standard InChI is InChI=1S/C37H43N3O5S/c1-6-22-38-37(42)34(24-30-13-8-7-9-14-30)39(25-31-15-11-10-12-29(31)4)36(41)26-40(33-23-28(3)18-21-35(33)45-5)46(43,44)32-19-16-27(2)17-20-32/h7-21,23,34H,6,22,24-26H2,1-5H3,(H,38,42)/t34-/m0/s1. The van der Waals surface area contributed by atoms with Crippen LogP contribution in [-0.4, -0.2) is 51.4 Å². The predicted octanol–water partition coefficient (Wildman–Crippen LogP) is 5.98. The number of rotatable bonds is 14. The molecular formula is C37H43N3O5S. The molecular weight excluding hydrogens is 598 g/mol. The average Bonchev–Trinajstić information content (AvgIpc) is 3.05. The van der Waals surface area contributed by atoms with E-state index in [4.69, 9.17) is 4.74 Å². The summed E-state index contributed by atoms with van der Waals surface area (Å²) in [5, 5.41) is 2.98. The van der Waals surface area contributed by atoms with Crippen molar-refractivity contribution in [1.29, 1.82) is 0 Å². The SMILES string of the molecule is CCCNC(=O)[C@H](Cc1ccccc1)N(Cc1ccccc1C)C(=O)CN(c1cc(C)ccc1OC)S(=O)(=O)c1ccc(C)cc1. The maximum Gasteiger partial charge on any atom is 0.264 e. The second kappa shape index (κ2) is 15.6. The van der Waals surface area contributed by atoms with Crippen molar-refractivity contribution in [2.75, 3.05) is 24.5 Å². The van der Waals surface area contributed by atoms with Crippen molar-refractivity contribution in [3.05, 3.63) is 125 Å². The van der Waals surface area contributed by atoms with Gasteiger partial charge < -0.3 is 15.0 Å². The first-order chi connectivity index (χ1) is 22.0.